The van der Waals surface area contributed by atoms with Crippen LogP contribution in [0.3, 0.4) is 0 Å². The lowest BCUT2D eigenvalue weighted by molar-refractivity contribution is 0.0592. The molecule has 0 aliphatic rings. The van der Waals surface area contributed by atoms with Gasteiger partial charge >= 0.3 is 11.9 Å². The van der Waals surface area contributed by atoms with Crippen LogP contribution in [0.1, 0.15) is 26.3 Å². The highest BCUT2D eigenvalue weighted by Crippen LogP contribution is 2.35. The van der Waals surface area contributed by atoms with E-state index in [1.54, 1.807) is 97.1 Å². The number of methoxy groups -OCH3 is 4. The number of carbonyl (C=O) groups excluding carboxylic acids is 2. The summed E-state index contributed by atoms with van der Waals surface area (Å²) < 4.78 is 45.3. The van der Waals surface area contributed by atoms with Gasteiger partial charge in [-0.25, -0.2) is 47.9 Å². The number of rotatable bonds is 12. The second kappa shape index (κ2) is 20.6. The molecule has 8 rings (SSSR count). The summed E-state index contributed by atoms with van der Waals surface area (Å²) in [4.78, 5) is 51.1. The van der Waals surface area contributed by atoms with Gasteiger partial charge in [0.1, 0.15) is 23.0 Å². The van der Waals surface area contributed by atoms with E-state index in [-0.39, 0.29) is 17.3 Å². The Morgan fingerprint density at radius 2 is 0.794 bits per heavy atom. The Kier molecular flexibility index (Phi) is 14.3. The van der Waals surface area contributed by atoms with Crippen molar-refractivity contribution in [1.82, 2.24) is 29.9 Å². The molecule has 2 heterocycles. The number of aromatic hydroxyl groups is 2. The second-order valence-electron chi connectivity index (χ2n) is 14.8. The number of sulfonamides is 1. The van der Waals surface area contributed by atoms with Crippen LogP contribution in [0.5, 0.6) is 23.0 Å². The highest BCUT2D eigenvalue weighted by molar-refractivity contribution is 7.92. The highest BCUT2D eigenvalue weighted by Gasteiger charge is 2.18. The zero-order valence-electron chi connectivity index (χ0n) is 37.5. The number of aryl methyl sites for hydroxylation is 1. The number of anilines is 1. The first kappa shape index (κ1) is 47.2. The fraction of sp³-hybridized carbons (Fsp3) is 0.120. The number of nitrogens with zero attached hydrogens (tertiary/aromatic N) is 6. The van der Waals surface area contributed by atoms with Crippen LogP contribution in [0.25, 0.3) is 68.3 Å². The molecule has 0 saturated heterocycles. The van der Waals surface area contributed by atoms with E-state index < -0.39 is 22.0 Å². The van der Waals surface area contributed by atoms with Crippen LogP contribution in [0.2, 0.25) is 0 Å². The Bertz CT molecular complexity index is 3230. The number of phenols is 2. The minimum Gasteiger partial charge on any atom is -0.507 e. The molecule has 0 amide bonds. The van der Waals surface area contributed by atoms with Crippen molar-refractivity contribution in [2.45, 2.75) is 6.92 Å². The van der Waals surface area contributed by atoms with Crippen molar-refractivity contribution in [3.05, 3.63) is 150 Å². The maximum Gasteiger partial charge on any atom is 0.337 e. The molecule has 0 atom stereocenters. The normalized spacial score (nSPS) is 10.9. The molecule has 0 aliphatic carbocycles. The molecule has 3 N–H and O–H groups in total. The summed E-state index contributed by atoms with van der Waals surface area (Å²) in [7, 11) is 2.24. The van der Waals surface area contributed by atoms with Gasteiger partial charge in [0.2, 0.25) is 10.0 Å². The molecule has 8 aromatic rings. The lowest BCUT2D eigenvalue weighted by atomic mass is 10.1. The van der Waals surface area contributed by atoms with E-state index in [0.29, 0.717) is 85.3 Å². The number of phenolic OH excluding ortho intramolecular Hbond substituents is 2. The summed E-state index contributed by atoms with van der Waals surface area (Å²) in [5.74, 6) is 2.05. The summed E-state index contributed by atoms with van der Waals surface area (Å²) in [6, 6.07) is 37.4. The van der Waals surface area contributed by atoms with Crippen LogP contribution in [0, 0.1) is 6.92 Å². The molecule has 0 unspecified atom stereocenters. The van der Waals surface area contributed by atoms with Gasteiger partial charge in [-0.1, -0.05) is 54.1 Å². The third kappa shape index (κ3) is 11.4. The molecule has 0 fully saturated rings. The number of esters is 2. The third-order valence-corrected chi connectivity index (χ3v) is 10.7. The summed E-state index contributed by atoms with van der Waals surface area (Å²) >= 11 is 0. The Balaban J connectivity index is 0.000000203. The first-order valence-corrected chi connectivity index (χ1v) is 22.3. The minimum atomic E-state index is -3.42. The van der Waals surface area contributed by atoms with E-state index in [0.717, 1.165) is 17.4 Å². The van der Waals surface area contributed by atoms with Crippen molar-refractivity contribution in [3.63, 3.8) is 0 Å². The van der Waals surface area contributed by atoms with Gasteiger partial charge in [-0.2, -0.15) is 0 Å². The lowest BCUT2D eigenvalue weighted by Crippen LogP contribution is -2.09. The number of carbonyl (C=O) groups is 2. The maximum absolute atomic E-state index is 11.8. The van der Waals surface area contributed by atoms with Crippen LogP contribution in [-0.4, -0.2) is 95.2 Å². The largest absolute Gasteiger partial charge is 0.507 e. The van der Waals surface area contributed by atoms with Crippen LogP contribution >= 0.6 is 0 Å². The van der Waals surface area contributed by atoms with Crippen molar-refractivity contribution >= 4 is 27.6 Å². The summed E-state index contributed by atoms with van der Waals surface area (Å²) in [6.45, 7) is 2.01. The smallest absolute Gasteiger partial charge is 0.337 e. The van der Waals surface area contributed by atoms with Crippen LogP contribution in [0.15, 0.2) is 133 Å². The molecule has 344 valence electrons. The van der Waals surface area contributed by atoms with Gasteiger partial charge in [0.15, 0.2) is 34.9 Å². The van der Waals surface area contributed by atoms with Crippen molar-refractivity contribution < 1.29 is 47.2 Å². The molecule has 0 bridgehead atoms. The predicted molar refractivity (Wildman–Crippen MR) is 255 cm³/mol. The van der Waals surface area contributed by atoms with Crippen LogP contribution < -0.4 is 14.2 Å². The van der Waals surface area contributed by atoms with Gasteiger partial charge in [-0.05, 0) is 79.7 Å². The molecular weight excluding hydrogens is 891 g/mol. The molecule has 0 saturated carbocycles. The van der Waals surface area contributed by atoms with E-state index in [1.165, 1.54) is 40.6 Å². The molecule has 0 aliphatic heterocycles. The topological polar surface area (TPSA) is 235 Å². The Labute approximate surface area is 391 Å². The average Bonchev–Trinajstić information content (AvgIpc) is 3.35. The minimum absolute atomic E-state index is 0.00241. The SMILES string of the molecule is COC(=O)c1ccc(-c2nc(-c3ccc(C)cc3)nc(-c3ccc(OC)cc3O)n2)cc1.COC(=O)c1ccc(-c2nc(-c3ccc(NS(C)(=O)=O)cc3)nc(-c3ccc(OC)cc3O)n2)cc1. The van der Waals surface area contributed by atoms with Gasteiger partial charge in [-0.15, -0.1) is 0 Å². The average molecular weight is 934 g/mol. The van der Waals surface area contributed by atoms with E-state index in [2.05, 4.69) is 34.6 Å². The van der Waals surface area contributed by atoms with Crippen molar-refractivity contribution in [3.8, 4) is 91.3 Å². The first-order chi connectivity index (χ1) is 32.6. The summed E-state index contributed by atoms with van der Waals surface area (Å²) in [5.41, 5.74) is 5.85. The number of ether oxygens (including phenoxy) is 4. The summed E-state index contributed by atoms with van der Waals surface area (Å²) in [5, 5.41) is 21.1. The number of aromatic nitrogens is 6. The fourth-order valence-corrected chi connectivity index (χ4v) is 7.08. The first-order valence-electron chi connectivity index (χ1n) is 20.4. The fourth-order valence-electron chi connectivity index (χ4n) is 6.51. The van der Waals surface area contributed by atoms with E-state index in [1.807, 2.05) is 31.2 Å². The third-order valence-electron chi connectivity index (χ3n) is 10.0. The van der Waals surface area contributed by atoms with Crippen molar-refractivity contribution in [1.29, 1.82) is 0 Å². The monoisotopic (exact) mass is 933 g/mol. The maximum atomic E-state index is 11.8. The molecule has 0 spiro atoms. The molecule has 2 aromatic heterocycles. The van der Waals surface area contributed by atoms with Crippen molar-refractivity contribution in [2.24, 2.45) is 0 Å². The molecular formula is C50H43N7O10S. The quantitative estimate of drug-likeness (QED) is 0.0975. The molecule has 68 heavy (non-hydrogen) atoms. The van der Waals surface area contributed by atoms with Gasteiger partial charge < -0.3 is 29.2 Å². The second-order valence-corrected chi connectivity index (χ2v) is 16.6. The number of nitrogens with one attached hydrogen (secondary N) is 1. The molecule has 17 nitrogen and oxygen atoms in total. The van der Waals surface area contributed by atoms with Crippen LogP contribution in [-0.2, 0) is 19.5 Å². The zero-order chi connectivity index (χ0) is 48.5. The van der Waals surface area contributed by atoms with Gasteiger partial charge in [0.25, 0.3) is 0 Å². The van der Waals surface area contributed by atoms with Gasteiger partial charge in [0, 0.05) is 40.1 Å². The van der Waals surface area contributed by atoms with E-state index in [4.69, 9.17) is 18.9 Å². The Morgan fingerprint density at radius 3 is 1.10 bits per heavy atom. The van der Waals surface area contributed by atoms with Crippen molar-refractivity contribution in [2.75, 3.05) is 39.4 Å². The molecule has 18 heteroatoms. The lowest BCUT2D eigenvalue weighted by Gasteiger charge is -2.11. The Hall–Kier alpha value is -8.77. The predicted octanol–water partition coefficient (Wildman–Crippen LogP) is 8.43. The number of hydrogen-bond acceptors (Lipinski definition) is 16. The zero-order valence-corrected chi connectivity index (χ0v) is 38.3. The summed E-state index contributed by atoms with van der Waals surface area (Å²) in [6.07, 6.45) is 1.07. The Morgan fingerprint density at radius 1 is 0.471 bits per heavy atom. The molecule has 0 radical (unpaired) electrons. The standard InChI is InChI=1S/C25H22N4O6S.C25H21N3O4/c1-34-19-12-13-20(21(30)14-19)24-27-22(15-4-6-17(7-5-15)25(31)35-2)26-23(28-24)16-8-10-18(11-9-16)29-36(3,32)33;1-15-4-6-16(7-5-15)22-26-23(17-8-10-18(11-9-17)25(30)32-3)28-24(27-22)20-13-12-19(31-2)14-21(20)29/h4-14,29-30H,1-3H3;4-14,29H,1-3H3. The van der Waals surface area contributed by atoms with E-state index >= 15 is 0 Å². The van der Waals surface area contributed by atoms with Crippen LogP contribution in [0.4, 0.5) is 5.69 Å². The van der Waals surface area contributed by atoms with E-state index in [9.17, 15) is 28.2 Å². The number of hydrogen-bond donors (Lipinski definition) is 3. The number of benzene rings is 6. The van der Waals surface area contributed by atoms with Gasteiger partial charge in [-0.3, -0.25) is 4.72 Å². The molecule has 6 aromatic carbocycles. The highest BCUT2D eigenvalue weighted by atomic mass is 32.2. The van der Waals surface area contributed by atoms with Gasteiger partial charge in [0.05, 0.1) is 56.9 Å².